The van der Waals surface area contributed by atoms with Gasteiger partial charge >= 0.3 is 0 Å². The molecule has 0 aromatic heterocycles. The number of nitriles is 1. The van der Waals surface area contributed by atoms with Crippen LogP contribution in [0.5, 0.6) is 0 Å². The number of hydrogen-bond acceptors (Lipinski definition) is 6. The number of nitrogens with two attached hydrogens (primary N) is 1. The van der Waals surface area contributed by atoms with Gasteiger partial charge in [0, 0.05) is 18.5 Å². The first-order valence-electron chi connectivity index (χ1n) is 10.7. The van der Waals surface area contributed by atoms with Crippen LogP contribution in [0, 0.1) is 11.3 Å². The number of nitrogens with zero attached hydrogens (tertiary/aromatic N) is 1. The molecule has 0 unspecified atom stereocenters. The molecule has 3 N–H and O–H groups in total. The molecule has 0 saturated heterocycles. The van der Waals surface area contributed by atoms with Gasteiger partial charge in [-0.3, -0.25) is 4.79 Å². The summed E-state index contributed by atoms with van der Waals surface area (Å²) in [5.41, 5.74) is 1.53. The largest absolute Gasteiger partial charge is 0.352 e. The summed E-state index contributed by atoms with van der Waals surface area (Å²) in [6.07, 6.45) is 1.80. The molecule has 0 aliphatic heterocycles. The average Bonchev–Trinajstić information content (AvgIpc) is 2.82. The highest BCUT2D eigenvalue weighted by Gasteiger charge is 2.19. The van der Waals surface area contributed by atoms with Gasteiger partial charge in [0.15, 0.2) is 9.84 Å². The van der Waals surface area contributed by atoms with Crippen molar-refractivity contribution in [3.63, 3.8) is 0 Å². The molecule has 3 aromatic rings. The van der Waals surface area contributed by atoms with Crippen molar-refractivity contribution in [3.05, 3.63) is 83.4 Å². The van der Waals surface area contributed by atoms with Crippen molar-refractivity contribution in [2.24, 2.45) is 5.14 Å². The lowest BCUT2D eigenvalue weighted by Crippen LogP contribution is -2.30. The zero-order valence-electron chi connectivity index (χ0n) is 18.8. The Morgan fingerprint density at radius 2 is 1.66 bits per heavy atom. The SMILES string of the molecule is N#CCCS(=O)(=O)C/C(=C\c1ccc2ccccc2c1)C(=O)NCCc1ccc(S(N)(=O)=O)cc1. The van der Waals surface area contributed by atoms with E-state index in [0.29, 0.717) is 12.0 Å². The van der Waals surface area contributed by atoms with Crippen molar-refractivity contribution < 1.29 is 21.6 Å². The Kier molecular flexibility index (Phi) is 8.40. The summed E-state index contributed by atoms with van der Waals surface area (Å²) in [5, 5.41) is 18.5. The summed E-state index contributed by atoms with van der Waals surface area (Å²) in [7, 11) is -7.45. The molecule has 10 heteroatoms. The first-order valence-corrected chi connectivity index (χ1v) is 14.1. The summed E-state index contributed by atoms with van der Waals surface area (Å²) in [5.74, 6) is -1.35. The monoisotopic (exact) mass is 511 g/mol. The van der Waals surface area contributed by atoms with E-state index in [1.165, 1.54) is 12.1 Å². The van der Waals surface area contributed by atoms with Crippen LogP contribution in [0.15, 0.2) is 77.2 Å². The minimum Gasteiger partial charge on any atom is -0.352 e. The van der Waals surface area contributed by atoms with E-state index in [9.17, 15) is 21.6 Å². The number of sulfonamides is 1. The van der Waals surface area contributed by atoms with Crippen LogP contribution in [-0.2, 0) is 31.1 Å². The van der Waals surface area contributed by atoms with E-state index in [1.807, 2.05) is 48.5 Å². The van der Waals surface area contributed by atoms with Crippen LogP contribution in [0.25, 0.3) is 16.8 Å². The third-order valence-electron chi connectivity index (χ3n) is 5.26. The van der Waals surface area contributed by atoms with E-state index in [1.54, 1.807) is 18.2 Å². The van der Waals surface area contributed by atoms with Crippen molar-refractivity contribution in [3.8, 4) is 6.07 Å². The number of primary sulfonamides is 1. The molecule has 3 aromatic carbocycles. The highest BCUT2D eigenvalue weighted by Crippen LogP contribution is 2.18. The minimum absolute atomic E-state index is 0.00605. The van der Waals surface area contributed by atoms with Gasteiger partial charge in [0.1, 0.15) is 0 Å². The molecule has 8 nitrogen and oxygen atoms in total. The summed E-state index contributed by atoms with van der Waals surface area (Å²) in [6.45, 7) is 0.209. The number of carbonyl (C=O) groups is 1. The van der Waals surface area contributed by atoms with Gasteiger partial charge in [-0.25, -0.2) is 22.0 Å². The van der Waals surface area contributed by atoms with Crippen molar-refractivity contribution in [2.45, 2.75) is 17.7 Å². The quantitative estimate of drug-likeness (QED) is 0.400. The molecular weight excluding hydrogens is 486 g/mol. The van der Waals surface area contributed by atoms with Crippen molar-refractivity contribution in [1.82, 2.24) is 5.32 Å². The van der Waals surface area contributed by atoms with Gasteiger partial charge in [-0.05, 0) is 52.6 Å². The standard InChI is InChI=1S/C25H25N3O5S2/c26-13-3-15-34(30,31)18-23(17-20-6-9-21-4-1-2-5-22(21)16-20)25(29)28-14-12-19-7-10-24(11-8-19)35(27,32)33/h1-2,4-11,16-17H,3,12,14-15,18H2,(H,28,29)(H2,27,32,33)/b23-17+. The Balaban J connectivity index is 1.77. The smallest absolute Gasteiger partial charge is 0.248 e. The molecule has 0 atom stereocenters. The van der Waals surface area contributed by atoms with Crippen LogP contribution in [0.4, 0.5) is 0 Å². The Morgan fingerprint density at radius 3 is 2.31 bits per heavy atom. The van der Waals surface area contributed by atoms with Crippen LogP contribution in [0.1, 0.15) is 17.5 Å². The highest BCUT2D eigenvalue weighted by molar-refractivity contribution is 7.91. The van der Waals surface area contributed by atoms with E-state index in [0.717, 1.165) is 16.3 Å². The number of fused-ring (bicyclic) bond motifs is 1. The number of hydrogen-bond donors (Lipinski definition) is 2. The predicted molar refractivity (Wildman–Crippen MR) is 135 cm³/mol. The first-order chi connectivity index (χ1) is 16.6. The topological polar surface area (TPSA) is 147 Å². The van der Waals surface area contributed by atoms with Gasteiger partial charge in [0.2, 0.25) is 15.9 Å². The lowest BCUT2D eigenvalue weighted by atomic mass is 10.1. The Hall–Kier alpha value is -3.52. The lowest BCUT2D eigenvalue weighted by Gasteiger charge is -2.11. The van der Waals surface area contributed by atoms with E-state index < -0.39 is 31.5 Å². The van der Waals surface area contributed by atoms with Crippen LogP contribution in [-0.4, -0.2) is 40.8 Å². The number of sulfone groups is 1. The van der Waals surface area contributed by atoms with Crippen LogP contribution < -0.4 is 10.5 Å². The molecule has 182 valence electrons. The average molecular weight is 512 g/mol. The van der Waals surface area contributed by atoms with E-state index in [2.05, 4.69) is 5.32 Å². The fourth-order valence-corrected chi connectivity index (χ4v) is 5.21. The lowest BCUT2D eigenvalue weighted by molar-refractivity contribution is -0.117. The Bertz CT molecular complexity index is 1500. The number of benzene rings is 3. The maximum atomic E-state index is 12.9. The van der Waals surface area contributed by atoms with E-state index in [-0.39, 0.29) is 29.2 Å². The van der Waals surface area contributed by atoms with Crippen LogP contribution >= 0.6 is 0 Å². The van der Waals surface area contributed by atoms with Crippen molar-refractivity contribution in [2.75, 3.05) is 18.1 Å². The van der Waals surface area contributed by atoms with E-state index in [4.69, 9.17) is 10.4 Å². The van der Waals surface area contributed by atoms with Crippen LogP contribution in [0.3, 0.4) is 0 Å². The summed E-state index contributed by atoms with van der Waals surface area (Å²) >= 11 is 0. The second-order valence-electron chi connectivity index (χ2n) is 7.97. The highest BCUT2D eigenvalue weighted by atomic mass is 32.2. The molecule has 0 saturated carbocycles. The van der Waals surface area contributed by atoms with Gasteiger partial charge in [-0.1, -0.05) is 48.5 Å². The number of amides is 1. The minimum atomic E-state index is -3.79. The molecule has 3 rings (SSSR count). The van der Waals surface area contributed by atoms with Gasteiger partial charge in [-0.15, -0.1) is 0 Å². The molecule has 1 amide bonds. The molecule has 0 aliphatic carbocycles. The fourth-order valence-electron chi connectivity index (χ4n) is 3.46. The second kappa shape index (κ2) is 11.3. The normalized spacial score (nSPS) is 12.3. The molecular formula is C25H25N3O5S2. The predicted octanol–water partition coefficient (Wildman–Crippen LogP) is 2.56. The van der Waals surface area contributed by atoms with Crippen molar-refractivity contribution in [1.29, 1.82) is 5.26 Å². The third-order valence-corrected chi connectivity index (χ3v) is 7.76. The van der Waals surface area contributed by atoms with Crippen molar-refractivity contribution >= 4 is 42.6 Å². The summed E-state index contributed by atoms with van der Waals surface area (Å²) < 4.78 is 47.7. The van der Waals surface area contributed by atoms with Gasteiger partial charge in [-0.2, -0.15) is 5.26 Å². The van der Waals surface area contributed by atoms with Crippen LogP contribution in [0.2, 0.25) is 0 Å². The summed E-state index contributed by atoms with van der Waals surface area (Å²) in [4.78, 5) is 12.9. The maximum Gasteiger partial charge on any atom is 0.248 e. The molecule has 0 radical (unpaired) electrons. The Morgan fingerprint density at radius 1 is 0.971 bits per heavy atom. The van der Waals surface area contributed by atoms with Gasteiger partial charge in [0.25, 0.3) is 0 Å². The molecule has 35 heavy (non-hydrogen) atoms. The first kappa shape index (κ1) is 26.1. The third kappa shape index (κ3) is 7.75. The molecule has 0 aliphatic rings. The number of rotatable bonds is 10. The van der Waals surface area contributed by atoms with E-state index >= 15 is 0 Å². The molecule has 0 fully saturated rings. The molecule has 0 spiro atoms. The second-order valence-corrected chi connectivity index (χ2v) is 11.7. The zero-order valence-corrected chi connectivity index (χ0v) is 20.5. The maximum absolute atomic E-state index is 12.9. The van der Waals surface area contributed by atoms with Gasteiger partial charge in [0.05, 0.1) is 22.5 Å². The fraction of sp³-hybridized carbons (Fsp3) is 0.200. The Labute approximate surface area is 205 Å². The molecule has 0 bridgehead atoms. The number of carbonyl (C=O) groups excluding carboxylic acids is 1. The number of nitrogens with one attached hydrogen (secondary N) is 1. The zero-order chi connectivity index (χ0) is 25.5. The van der Waals surface area contributed by atoms with Gasteiger partial charge < -0.3 is 5.32 Å². The summed E-state index contributed by atoms with van der Waals surface area (Å²) in [6, 6.07) is 21.1. The molecule has 0 heterocycles.